The molecule has 0 saturated heterocycles. The standard InChI is InChI=1S/C30H35NO3/c1-17(2)22-9-11-23(12-10-22)27-26-20(5)28(18(3)19(4)29(26)33-30(27,6)7)31-15-21-8-13-25-24(14-21)16-32-34-25/h8-14,17,27,31H,15-16H2,1-7H3. The van der Waals surface area contributed by atoms with Crippen LogP contribution in [0.1, 0.15) is 84.0 Å². The highest BCUT2D eigenvalue weighted by molar-refractivity contribution is 5.71. The average Bonchev–Trinajstić information content (AvgIpc) is 3.38. The van der Waals surface area contributed by atoms with Gasteiger partial charge in [0.05, 0.1) is 5.92 Å². The van der Waals surface area contributed by atoms with Crippen molar-refractivity contribution in [2.45, 2.75) is 79.1 Å². The van der Waals surface area contributed by atoms with E-state index in [0.717, 1.165) is 23.6 Å². The predicted octanol–water partition coefficient (Wildman–Crippen LogP) is 7.47. The molecule has 5 rings (SSSR count). The topological polar surface area (TPSA) is 39.7 Å². The van der Waals surface area contributed by atoms with E-state index in [1.54, 1.807) is 0 Å². The molecule has 0 saturated carbocycles. The lowest BCUT2D eigenvalue weighted by Gasteiger charge is -2.27. The van der Waals surface area contributed by atoms with Crippen LogP contribution in [-0.4, -0.2) is 5.60 Å². The molecule has 3 aromatic carbocycles. The summed E-state index contributed by atoms with van der Waals surface area (Å²) in [4.78, 5) is 10.3. The summed E-state index contributed by atoms with van der Waals surface area (Å²) < 4.78 is 6.64. The first-order chi connectivity index (χ1) is 16.2. The first-order valence-corrected chi connectivity index (χ1v) is 12.2. The Kier molecular flexibility index (Phi) is 5.60. The first-order valence-electron chi connectivity index (χ1n) is 12.2. The molecule has 2 aliphatic heterocycles. The molecule has 0 bridgehead atoms. The largest absolute Gasteiger partial charge is 0.486 e. The van der Waals surface area contributed by atoms with Crippen molar-refractivity contribution in [3.05, 3.63) is 87.0 Å². The van der Waals surface area contributed by atoms with Crippen LogP contribution in [0.2, 0.25) is 0 Å². The summed E-state index contributed by atoms with van der Waals surface area (Å²) in [6, 6.07) is 15.4. The third kappa shape index (κ3) is 3.74. The van der Waals surface area contributed by atoms with Crippen LogP contribution in [0.4, 0.5) is 5.69 Å². The van der Waals surface area contributed by atoms with Crippen molar-refractivity contribution in [3.8, 4) is 11.5 Å². The van der Waals surface area contributed by atoms with Crippen LogP contribution >= 0.6 is 0 Å². The van der Waals surface area contributed by atoms with Crippen molar-refractivity contribution in [1.82, 2.24) is 0 Å². The minimum absolute atomic E-state index is 0.179. The van der Waals surface area contributed by atoms with Gasteiger partial charge in [0.2, 0.25) is 0 Å². The maximum atomic E-state index is 6.64. The number of anilines is 1. The summed E-state index contributed by atoms with van der Waals surface area (Å²) in [5.41, 5.74) is 10.9. The SMILES string of the molecule is Cc1c(C)c2c(c(C)c1NCc1ccc3c(c1)COO3)C(c1ccc(C(C)C)cc1)C(C)(C)O2. The molecular formula is C30H35NO3. The van der Waals surface area contributed by atoms with E-state index in [1.807, 2.05) is 6.07 Å². The van der Waals surface area contributed by atoms with Gasteiger partial charge in [0.25, 0.3) is 0 Å². The highest BCUT2D eigenvalue weighted by atomic mass is 17.2. The van der Waals surface area contributed by atoms with E-state index in [4.69, 9.17) is 14.5 Å². The Morgan fingerprint density at radius 3 is 2.41 bits per heavy atom. The summed E-state index contributed by atoms with van der Waals surface area (Å²) in [7, 11) is 0. The number of nitrogens with one attached hydrogen (secondary N) is 1. The summed E-state index contributed by atoms with van der Waals surface area (Å²) in [6.07, 6.45) is 0. The van der Waals surface area contributed by atoms with Crippen molar-refractivity contribution in [3.63, 3.8) is 0 Å². The lowest BCUT2D eigenvalue weighted by molar-refractivity contribution is -0.194. The molecule has 1 atom stereocenters. The van der Waals surface area contributed by atoms with Gasteiger partial charge >= 0.3 is 0 Å². The van der Waals surface area contributed by atoms with Gasteiger partial charge in [-0.3, -0.25) is 0 Å². The van der Waals surface area contributed by atoms with E-state index in [9.17, 15) is 0 Å². The molecule has 4 heteroatoms. The second kappa shape index (κ2) is 8.35. The number of hydrogen-bond acceptors (Lipinski definition) is 4. The second-order valence-corrected chi connectivity index (χ2v) is 10.6. The minimum atomic E-state index is -0.317. The van der Waals surface area contributed by atoms with Crippen LogP contribution in [0.15, 0.2) is 42.5 Å². The molecule has 34 heavy (non-hydrogen) atoms. The fourth-order valence-electron chi connectivity index (χ4n) is 5.49. The molecular weight excluding hydrogens is 422 g/mol. The first kappa shape index (κ1) is 22.8. The lowest BCUT2D eigenvalue weighted by atomic mass is 9.78. The molecule has 0 fully saturated rings. The molecule has 0 radical (unpaired) electrons. The minimum Gasteiger partial charge on any atom is -0.486 e. The Labute approximate surface area is 203 Å². The number of hydrogen-bond donors (Lipinski definition) is 1. The van der Waals surface area contributed by atoms with E-state index in [0.29, 0.717) is 12.5 Å². The number of benzene rings is 3. The molecule has 0 spiro atoms. The molecule has 0 aromatic heterocycles. The fraction of sp³-hybridized carbons (Fsp3) is 0.400. The molecule has 4 nitrogen and oxygen atoms in total. The Bertz CT molecular complexity index is 1240. The van der Waals surface area contributed by atoms with E-state index in [-0.39, 0.29) is 11.5 Å². The van der Waals surface area contributed by atoms with Gasteiger partial charge in [0.1, 0.15) is 18.0 Å². The third-order valence-corrected chi connectivity index (χ3v) is 7.54. The van der Waals surface area contributed by atoms with Crippen molar-refractivity contribution in [2.24, 2.45) is 0 Å². The quantitative estimate of drug-likeness (QED) is 0.403. The molecule has 1 N–H and O–H groups in total. The van der Waals surface area contributed by atoms with E-state index < -0.39 is 0 Å². The summed E-state index contributed by atoms with van der Waals surface area (Å²) in [5, 5.41) is 3.75. The van der Waals surface area contributed by atoms with Gasteiger partial charge in [0.15, 0.2) is 5.75 Å². The van der Waals surface area contributed by atoms with Crippen LogP contribution < -0.4 is 14.9 Å². The third-order valence-electron chi connectivity index (χ3n) is 7.54. The van der Waals surface area contributed by atoms with Gasteiger partial charge in [-0.2, -0.15) is 4.89 Å². The molecule has 3 aromatic rings. The summed E-state index contributed by atoms with van der Waals surface area (Å²) >= 11 is 0. The van der Waals surface area contributed by atoms with Crippen LogP contribution in [0, 0.1) is 20.8 Å². The smallest absolute Gasteiger partial charge is 0.171 e. The molecule has 178 valence electrons. The second-order valence-electron chi connectivity index (χ2n) is 10.6. The van der Waals surface area contributed by atoms with Crippen LogP contribution in [0.5, 0.6) is 11.5 Å². The van der Waals surface area contributed by atoms with Crippen molar-refractivity contribution in [2.75, 3.05) is 5.32 Å². The van der Waals surface area contributed by atoms with Crippen molar-refractivity contribution in [1.29, 1.82) is 0 Å². The normalized spacial score (nSPS) is 17.8. The molecule has 0 aliphatic carbocycles. The Hall–Kier alpha value is -2.98. The lowest BCUT2D eigenvalue weighted by Crippen LogP contribution is -2.31. The van der Waals surface area contributed by atoms with Gasteiger partial charge < -0.3 is 14.9 Å². The van der Waals surface area contributed by atoms with Crippen LogP contribution in [0.25, 0.3) is 0 Å². The number of fused-ring (bicyclic) bond motifs is 2. The Balaban J connectivity index is 1.52. The van der Waals surface area contributed by atoms with Gasteiger partial charge in [-0.15, -0.1) is 0 Å². The fourth-order valence-corrected chi connectivity index (χ4v) is 5.49. The zero-order valence-corrected chi connectivity index (χ0v) is 21.3. The van der Waals surface area contributed by atoms with Gasteiger partial charge in [-0.05, 0) is 86.1 Å². The predicted molar refractivity (Wildman–Crippen MR) is 137 cm³/mol. The Morgan fingerprint density at radius 2 is 1.71 bits per heavy atom. The van der Waals surface area contributed by atoms with Crippen LogP contribution in [0.3, 0.4) is 0 Å². The zero-order chi connectivity index (χ0) is 24.2. The maximum absolute atomic E-state index is 6.64. The van der Waals surface area contributed by atoms with Crippen LogP contribution in [-0.2, 0) is 18.0 Å². The maximum Gasteiger partial charge on any atom is 0.171 e. The monoisotopic (exact) mass is 457 g/mol. The van der Waals surface area contributed by atoms with E-state index >= 15 is 0 Å². The zero-order valence-electron chi connectivity index (χ0n) is 21.3. The summed E-state index contributed by atoms with van der Waals surface area (Å²) in [6.45, 7) is 16.8. The summed E-state index contributed by atoms with van der Waals surface area (Å²) in [5.74, 6) is 2.57. The van der Waals surface area contributed by atoms with Gasteiger partial charge in [-0.1, -0.05) is 44.2 Å². The van der Waals surface area contributed by atoms with E-state index in [1.165, 1.54) is 44.6 Å². The van der Waals surface area contributed by atoms with E-state index in [2.05, 4.69) is 90.2 Å². The highest BCUT2D eigenvalue weighted by Crippen LogP contribution is 2.53. The number of rotatable bonds is 5. The van der Waals surface area contributed by atoms with Gasteiger partial charge in [0, 0.05) is 23.4 Å². The highest BCUT2D eigenvalue weighted by Gasteiger charge is 2.44. The molecule has 0 amide bonds. The molecule has 1 unspecified atom stereocenters. The van der Waals surface area contributed by atoms with Gasteiger partial charge in [-0.25, -0.2) is 0 Å². The Morgan fingerprint density at radius 1 is 0.971 bits per heavy atom. The average molecular weight is 458 g/mol. The number of ether oxygens (including phenoxy) is 1. The molecule has 2 aliphatic rings. The van der Waals surface area contributed by atoms with Crippen molar-refractivity contribution >= 4 is 5.69 Å². The van der Waals surface area contributed by atoms with Crippen molar-refractivity contribution < 1.29 is 14.5 Å². The molecule has 2 heterocycles.